The summed E-state index contributed by atoms with van der Waals surface area (Å²) in [7, 11) is 0. The molecule has 0 radical (unpaired) electrons. The Balaban J connectivity index is 1.60. The van der Waals surface area contributed by atoms with Gasteiger partial charge in [0.1, 0.15) is 0 Å². The summed E-state index contributed by atoms with van der Waals surface area (Å²) in [6.45, 7) is 0. The van der Waals surface area contributed by atoms with E-state index in [4.69, 9.17) is 5.11 Å². The van der Waals surface area contributed by atoms with Crippen LogP contribution >= 0.6 is 0 Å². The number of benzene rings is 1. The Morgan fingerprint density at radius 2 is 1.70 bits per heavy atom. The van der Waals surface area contributed by atoms with E-state index in [0.717, 1.165) is 31.6 Å². The largest absolute Gasteiger partial charge is 0.481 e. The molecule has 3 heteroatoms. The van der Waals surface area contributed by atoms with E-state index in [1.54, 1.807) is 0 Å². The molecule has 2 aliphatic rings. The highest BCUT2D eigenvalue weighted by atomic mass is 16.4. The molecule has 2 aliphatic carbocycles. The Morgan fingerprint density at radius 3 is 2.25 bits per heavy atom. The van der Waals surface area contributed by atoms with Crippen molar-refractivity contribution in [3.8, 4) is 0 Å². The molecule has 108 valence electrons. The molecule has 2 saturated carbocycles. The van der Waals surface area contributed by atoms with E-state index in [9.17, 15) is 4.79 Å². The van der Waals surface area contributed by atoms with Gasteiger partial charge in [0.2, 0.25) is 0 Å². The summed E-state index contributed by atoms with van der Waals surface area (Å²) >= 11 is 0. The molecule has 1 aromatic carbocycles. The predicted molar refractivity (Wildman–Crippen MR) is 78.4 cm³/mol. The van der Waals surface area contributed by atoms with Crippen molar-refractivity contribution in [3.63, 3.8) is 0 Å². The molecule has 0 bridgehead atoms. The number of nitrogens with one attached hydrogen (secondary N) is 1. The summed E-state index contributed by atoms with van der Waals surface area (Å²) in [6.07, 6.45) is 6.26. The maximum absolute atomic E-state index is 11.0. The molecule has 3 rings (SSSR count). The topological polar surface area (TPSA) is 49.3 Å². The third-order valence-electron chi connectivity index (χ3n) is 4.74. The first kappa shape index (κ1) is 13.6. The number of carboxylic acid groups (broad SMARTS) is 1. The van der Waals surface area contributed by atoms with Crippen LogP contribution in [0.25, 0.3) is 0 Å². The second-order valence-electron chi connectivity index (χ2n) is 6.28. The van der Waals surface area contributed by atoms with Crippen molar-refractivity contribution in [2.45, 2.75) is 50.6 Å². The summed E-state index contributed by atoms with van der Waals surface area (Å²) in [5.74, 6) is 0.0315. The van der Waals surface area contributed by atoms with Crippen LogP contribution in [-0.4, -0.2) is 17.1 Å². The molecule has 1 aromatic rings. The molecule has 0 saturated heterocycles. The number of rotatable bonds is 5. The van der Waals surface area contributed by atoms with E-state index in [1.165, 1.54) is 18.4 Å². The van der Waals surface area contributed by atoms with Crippen LogP contribution in [-0.2, 0) is 4.79 Å². The van der Waals surface area contributed by atoms with Gasteiger partial charge in [-0.15, -0.1) is 0 Å². The summed E-state index contributed by atoms with van der Waals surface area (Å²) in [5, 5.41) is 12.9. The van der Waals surface area contributed by atoms with Gasteiger partial charge in [0, 0.05) is 12.1 Å². The molecule has 2 fully saturated rings. The third kappa shape index (κ3) is 3.21. The van der Waals surface area contributed by atoms with Crippen LogP contribution in [0.2, 0.25) is 0 Å². The van der Waals surface area contributed by atoms with Crippen LogP contribution in [0.15, 0.2) is 30.3 Å². The van der Waals surface area contributed by atoms with Crippen LogP contribution in [0.5, 0.6) is 0 Å². The van der Waals surface area contributed by atoms with Crippen molar-refractivity contribution in [1.82, 2.24) is 5.32 Å². The van der Waals surface area contributed by atoms with Crippen molar-refractivity contribution >= 4 is 5.97 Å². The first-order chi connectivity index (χ1) is 9.74. The van der Waals surface area contributed by atoms with E-state index >= 15 is 0 Å². The normalized spacial score (nSPS) is 28.0. The average Bonchev–Trinajstić information content (AvgIpc) is 3.31. The molecule has 3 nitrogen and oxygen atoms in total. The molecule has 0 aliphatic heterocycles. The van der Waals surface area contributed by atoms with Crippen LogP contribution in [0.4, 0.5) is 0 Å². The summed E-state index contributed by atoms with van der Waals surface area (Å²) < 4.78 is 0. The fraction of sp³-hybridized carbons (Fsp3) is 0.588. The zero-order valence-electron chi connectivity index (χ0n) is 11.8. The first-order valence-electron chi connectivity index (χ1n) is 7.78. The number of carboxylic acids is 1. The lowest BCUT2D eigenvalue weighted by atomic mass is 9.85. The number of hydrogen-bond acceptors (Lipinski definition) is 2. The molecule has 2 N–H and O–H groups in total. The lowest BCUT2D eigenvalue weighted by molar-refractivity contribution is -0.142. The zero-order chi connectivity index (χ0) is 13.9. The van der Waals surface area contributed by atoms with E-state index in [2.05, 4.69) is 35.6 Å². The van der Waals surface area contributed by atoms with Gasteiger partial charge in [-0.1, -0.05) is 30.3 Å². The molecule has 0 aromatic heterocycles. The highest BCUT2D eigenvalue weighted by Crippen LogP contribution is 2.42. The van der Waals surface area contributed by atoms with Gasteiger partial charge in [0.05, 0.1) is 5.92 Å². The van der Waals surface area contributed by atoms with Gasteiger partial charge in [-0.05, 0) is 50.0 Å². The lowest BCUT2D eigenvalue weighted by Crippen LogP contribution is -2.38. The Morgan fingerprint density at radius 1 is 1.05 bits per heavy atom. The third-order valence-corrected chi connectivity index (χ3v) is 4.74. The van der Waals surface area contributed by atoms with Crippen molar-refractivity contribution in [2.24, 2.45) is 11.8 Å². The standard InChI is InChI=1S/C17H23NO2/c19-17(20)14-8-10-15(11-9-14)18-16(13-6-7-13)12-4-2-1-3-5-12/h1-5,13-16,18H,6-11H2,(H,19,20). The van der Waals surface area contributed by atoms with Gasteiger partial charge >= 0.3 is 5.97 Å². The SMILES string of the molecule is O=C(O)C1CCC(NC(c2ccccc2)C2CC2)CC1. The molecule has 20 heavy (non-hydrogen) atoms. The van der Waals surface area contributed by atoms with E-state index in [1.807, 2.05) is 0 Å². The van der Waals surface area contributed by atoms with Crippen LogP contribution in [0, 0.1) is 11.8 Å². The molecule has 0 spiro atoms. The maximum Gasteiger partial charge on any atom is 0.306 e. The number of hydrogen-bond donors (Lipinski definition) is 2. The van der Waals surface area contributed by atoms with E-state index < -0.39 is 5.97 Å². The summed E-state index contributed by atoms with van der Waals surface area (Å²) in [6, 6.07) is 11.6. The molecular weight excluding hydrogens is 250 g/mol. The average molecular weight is 273 g/mol. The predicted octanol–water partition coefficient (Wildman–Crippen LogP) is 3.37. The molecule has 0 heterocycles. The second-order valence-corrected chi connectivity index (χ2v) is 6.28. The fourth-order valence-corrected chi connectivity index (χ4v) is 3.36. The van der Waals surface area contributed by atoms with E-state index in [0.29, 0.717) is 12.1 Å². The van der Waals surface area contributed by atoms with Crippen molar-refractivity contribution < 1.29 is 9.90 Å². The summed E-state index contributed by atoms with van der Waals surface area (Å²) in [5.41, 5.74) is 1.38. The Kier molecular flexibility index (Phi) is 4.06. The minimum Gasteiger partial charge on any atom is -0.481 e. The minimum absolute atomic E-state index is 0.121. The van der Waals surface area contributed by atoms with Gasteiger partial charge in [-0.3, -0.25) is 4.79 Å². The summed E-state index contributed by atoms with van der Waals surface area (Å²) in [4.78, 5) is 11.0. The number of aliphatic carboxylic acids is 1. The van der Waals surface area contributed by atoms with Gasteiger partial charge in [0.15, 0.2) is 0 Å². The van der Waals surface area contributed by atoms with Crippen LogP contribution < -0.4 is 5.32 Å². The maximum atomic E-state index is 11.0. The fourth-order valence-electron chi connectivity index (χ4n) is 3.36. The van der Waals surface area contributed by atoms with E-state index in [-0.39, 0.29) is 5.92 Å². The van der Waals surface area contributed by atoms with Gasteiger partial charge in [-0.25, -0.2) is 0 Å². The smallest absolute Gasteiger partial charge is 0.306 e. The quantitative estimate of drug-likeness (QED) is 0.864. The minimum atomic E-state index is -0.620. The Bertz CT molecular complexity index is 447. The number of carbonyl (C=O) groups is 1. The second kappa shape index (κ2) is 5.96. The highest BCUT2D eigenvalue weighted by Gasteiger charge is 2.35. The van der Waals surface area contributed by atoms with Crippen LogP contribution in [0.1, 0.15) is 50.1 Å². The van der Waals surface area contributed by atoms with Crippen LogP contribution in [0.3, 0.4) is 0 Å². The molecular formula is C17H23NO2. The zero-order valence-corrected chi connectivity index (χ0v) is 11.8. The molecule has 1 unspecified atom stereocenters. The van der Waals surface area contributed by atoms with Crippen molar-refractivity contribution in [3.05, 3.63) is 35.9 Å². The van der Waals surface area contributed by atoms with Crippen molar-refractivity contribution in [1.29, 1.82) is 0 Å². The molecule has 1 atom stereocenters. The Labute approximate surface area is 120 Å². The monoisotopic (exact) mass is 273 g/mol. The Hall–Kier alpha value is -1.35. The molecule has 0 amide bonds. The van der Waals surface area contributed by atoms with Gasteiger partial charge < -0.3 is 10.4 Å². The van der Waals surface area contributed by atoms with Gasteiger partial charge in [0.25, 0.3) is 0 Å². The van der Waals surface area contributed by atoms with Crippen molar-refractivity contribution in [2.75, 3.05) is 0 Å². The highest BCUT2D eigenvalue weighted by molar-refractivity contribution is 5.70. The lowest BCUT2D eigenvalue weighted by Gasteiger charge is -2.31. The first-order valence-corrected chi connectivity index (χ1v) is 7.78. The van der Waals surface area contributed by atoms with Gasteiger partial charge in [-0.2, -0.15) is 0 Å².